The average Bonchev–Trinajstić information content (AvgIpc) is 2.83. The number of hydrogen-bond acceptors (Lipinski definition) is 16. The molecule has 3 heterocycles. The van der Waals surface area contributed by atoms with Crippen LogP contribution in [0.4, 0.5) is 0 Å². The van der Waals surface area contributed by atoms with Crippen molar-refractivity contribution in [2.24, 2.45) is 0 Å². The highest BCUT2D eigenvalue weighted by atomic mass is 16.8. The van der Waals surface area contributed by atoms with Crippen LogP contribution >= 0.6 is 0 Å². The Hall–Kier alpha value is -0.640. The Morgan fingerprint density at radius 2 is 0.853 bits per heavy atom. The summed E-state index contributed by atoms with van der Waals surface area (Å²) in [6.07, 6.45) is -25.1. The minimum atomic E-state index is -1.91. The molecule has 0 unspecified atom stereocenters. The van der Waals surface area contributed by atoms with Gasteiger partial charge in [-0.1, -0.05) is 0 Å². The van der Waals surface area contributed by atoms with Crippen molar-refractivity contribution < 1.29 is 79.9 Å². The molecule has 34 heavy (non-hydrogen) atoms. The van der Waals surface area contributed by atoms with Crippen molar-refractivity contribution in [3.63, 3.8) is 0 Å². The van der Waals surface area contributed by atoms with Crippen LogP contribution in [0.25, 0.3) is 0 Å². The summed E-state index contributed by atoms with van der Waals surface area (Å²) in [5, 5.41) is 109. The fourth-order valence-corrected chi connectivity index (χ4v) is 4.06. The first-order chi connectivity index (χ1) is 16.0. The lowest BCUT2D eigenvalue weighted by Crippen LogP contribution is -2.66. The molecule has 0 spiro atoms. The molecule has 0 aromatic carbocycles. The first-order valence-corrected chi connectivity index (χ1v) is 10.6. The summed E-state index contributed by atoms with van der Waals surface area (Å²) in [5.74, 6) is 0. The monoisotopic (exact) mass is 504 g/mol. The molecule has 200 valence electrons. The molecule has 0 amide bonds. The zero-order chi connectivity index (χ0) is 25.3. The fourth-order valence-electron chi connectivity index (χ4n) is 4.06. The number of aliphatic hydroxyl groups is 11. The highest BCUT2D eigenvalue weighted by molar-refractivity contribution is 4.96. The van der Waals surface area contributed by atoms with E-state index in [2.05, 4.69) is 0 Å². The predicted molar refractivity (Wildman–Crippen MR) is 101 cm³/mol. The van der Waals surface area contributed by atoms with Gasteiger partial charge in [-0.3, -0.25) is 0 Å². The Morgan fingerprint density at radius 3 is 1.35 bits per heavy atom. The van der Waals surface area contributed by atoms with Crippen LogP contribution < -0.4 is 0 Å². The minimum absolute atomic E-state index is 0.741. The predicted octanol–water partition coefficient (Wildman–Crippen LogP) is -7.57. The van der Waals surface area contributed by atoms with Crippen LogP contribution in [-0.4, -0.2) is 168 Å². The fraction of sp³-hybridized carbons (Fsp3) is 1.00. The third-order valence-electron chi connectivity index (χ3n) is 6.09. The molecule has 3 rings (SSSR count). The van der Waals surface area contributed by atoms with E-state index in [1.54, 1.807) is 0 Å². The maximum atomic E-state index is 10.6. The second-order valence-corrected chi connectivity index (χ2v) is 8.33. The largest absolute Gasteiger partial charge is 0.394 e. The van der Waals surface area contributed by atoms with Gasteiger partial charge in [0, 0.05) is 0 Å². The van der Waals surface area contributed by atoms with Crippen molar-refractivity contribution in [3.8, 4) is 0 Å². The summed E-state index contributed by atoms with van der Waals surface area (Å²) in [7, 11) is 0. The van der Waals surface area contributed by atoms with Gasteiger partial charge in [0.05, 0.1) is 19.8 Å². The standard InChI is InChI=1S/C18H32O16/c19-1-4-7(22)8(23)12(27)17(31-4)34-15-6(3-21)32-18(13(28)10(15)25)33-14-5(2-20)30-16(29)11(26)9(14)24/h4-29H,1-3H2/t4-,5+,6-,7-,8+,9+,10-,11+,12+,13+,14+,15-,16+,17+,18+/m1/s1. The molecule has 0 saturated carbocycles. The Kier molecular flexibility index (Phi) is 9.54. The molecule has 0 radical (unpaired) electrons. The van der Waals surface area contributed by atoms with Gasteiger partial charge in [0.2, 0.25) is 0 Å². The van der Waals surface area contributed by atoms with Crippen molar-refractivity contribution in [2.75, 3.05) is 19.8 Å². The molecular weight excluding hydrogens is 472 g/mol. The first-order valence-electron chi connectivity index (χ1n) is 10.6. The molecule has 0 aromatic heterocycles. The van der Waals surface area contributed by atoms with E-state index in [1.807, 2.05) is 0 Å². The summed E-state index contributed by atoms with van der Waals surface area (Å²) in [6.45, 7) is -2.32. The summed E-state index contributed by atoms with van der Waals surface area (Å²) in [4.78, 5) is 0. The molecule has 16 heteroatoms. The molecule has 3 saturated heterocycles. The highest BCUT2D eigenvalue weighted by Gasteiger charge is 2.53. The normalized spacial score (nSPS) is 52.5. The third-order valence-corrected chi connectivity index (χ3v) is 6.09. The molecule has 16 nitrogen and oxygen atoms in total. The average molecular weight is 504 g/mol. The summed E-state index contributed by atoms with van der Waals surface area (Å²) >= 11 is 0. The van der Waals surface area contributed by atoms with E-state index in [0.29, 0.717) is 0 Å². The van der Waals surface area contributed by atoms with E-state index in [-0.39, 0.29) is 0 Å². The second kappa shape index (κ2) is 11.6. The number of aliphatic hydroxyl groups excluding tert-OH is 11. The number of hydrogen-bond donors (Lipinski definition) is 11. The van der Waals surface area contributed by atoms with Crippen LogP contribution in [0.5, 0.6) is 0 Å². The third kappa shape index (κ3) is 5.37. The van der Waals surface area contributed by atoms with Crippen LogP contribution in [0.3, 0.4) is 0 Å². The Labute approximate surface area is 192 Å². The van der Waals surface area contributed by atoms with Crippen LogP contribution in [0.15, 0.2) is 0 Å². The zero-order valence-electron chi connectivity index (χ0n) is 17.7. The molecule has 3 aliphatic rings. The molecule has 3 aliphatic heterocycles. The van der Waals surface area contributed by atoms with Crippen LogP contribution in [0, 0.1) is 0 Å². The van der Waals surface area contributed by atoms with Crippen molar-refractivity contribution in [1.29, 1.82) is 0 Å². The Morgan fingerprint density at radius 1 is 0.441 bits per heavy atom. The summed E-state index contributed by atoms with van der Waals surface area (Å²) in [5.41, 5.74) is 0. The van der Waals surface area contributed by atoms with Crippen LogP contribution in [0.1, 0.15) is 0 Å². The van der Waals surface area contributed by atoms with Gasteiger partial charge < -0.3 is 79.9 Å². The quantitative estimate of drug-likeness (QED) is 0.154. The van der Waals surface area contributed by atoms with E-state index in [9.17, 15) is 56.2 Å². The highest BCUT2D eigenvalue weighted by Crippen LogP contribution is 2.32. The van der Waals surface area contributed by atoms with Crippen molar-refractivity contribution >= 4 is 0 Å². The topological polar surface area (TPSA) is 269 Å². The molecule has 0 aromatic rings. The maximum absolute atomic E-state index is 10.6. The smallest absolute Gasteiger partial charge is 0.187 e. The molecule has 0 bridgehead atoms. The molecule has 15 atom stereocenters. The van der Waals surface area contributed by atoms with E-state index in [0.717, 1.165) is 0 Å². The lowest BCUT2D eigenvalue weighted by molar-refractivity contribution is -0.377. The molecule has 0 aliphatic carbocycles. The van der Waals surface area contributed by atoms with E-state index in [1.165, 1.54) is 0 Å². The van der Waals surface area contributed by atoms with Gasteiger partial charge in [-0.15, -0.1) is 0 Å². The maximum Gasteiger partial charge on any atom is 0.187 e. The van der Waals surface area contributed by atoms with Gasteiger partial charge >= 0.3 is 0 Å². The first kappa shape index (κ1) is 27.9. The Bertz CT molecular complexity index is 635. The lowest BCUT2D eigenvalue weighted by Gasteiger charge is -2.47. The zero-order valence-corrected chi connectivity index (χ0v) is 17.7. The van der Waals surface area contributed by atoms with Crippen LogP contribution in [0.2, 0.25) is 0 Å². The molecular formula is C18H32O16. The second-order valence-electron chi connectivity index (χ2n) is 8.33. The lowest BCUT2D eigenvalue weighted by atomic mass is 9.96. The van der Waals surface area contributed by atoms with E-state index < -0.39 is 112 Å². The van der Waals surface area contributed by atoms with Gasteiger partial charge in [-0.2, -0.15) is 0 Å². The Balaban J connectivity index is 1.72. The van der Waals surface area contributed by atoms with Gasteiger partial charge in [0.25, 0.3) is 0 Å². The number of rotatable bonds is 7. The van der Waals surface area contributed by atoms with Gasteiger partial charge in [-0.25, -0.2) is 0 Å². The summed E-state index contributed by atoms with van der Waals surface area (Å²) in [6, 6.07) is 0. The van der Waals surface area contributed by atoms with E-state index in [4.69, 9.17) is 23.7 Å². The van der Waals surface area contributed by atoms with E-state index >= 15 is 0 Å². The molecule has 3 fully saturated rings. The van der Waals surface area contributed by atoms with Crippen molar-refractivity contribution in [3.05, 3.63) is 0 Å². The molecule has 11 N–H and O–H groups in total. The summed E-state index contributed by atoms with van der Waals surface area (Å²) < 4.78 is 26.4. The van der Waals surface area contributed by atoms with Gasteiger partial charge in [0.15, 0.2) is 18.9 Å². The van der Waals surface area contributed by atoms with Crippen molar-refractivity contribution in [1.82, 2.24) is 0 Å². The minimum Gasteiger partial charge on any atom is -0.394 e. The van der Waals surface area contributed by atoms with Crippen LogP contribution in [-0.2, 0) is 23.7 Å². The van der Waals surface area contributed by atoms with Crippen molar-refractivity contribution in [2.45, 2.75) is 92.1 Å². The number of ether oxygens (including phenoxy) is 5. The van der Waals surface area contributed by atoms with Gasteiger partial charge in [-0.05, 0) is 0 Å². The SMILES string of the molecule is OC[C@@H]1O[C@H](O)[C@@H](O)[C@H](O)[C@H]1O[C@@H]1O[C@H](CO)[C@@H](O[C@@H]2O[C@H](CO)[C@@H](O)[C@H](O)[C@@H]2O)[C@H](O)[C@@H]1O. The van der Waals surface area contributed by atoms with Gasteiger partial charge in [0.1, 0.15) is 73.2 Å².